The SMILES string of the molecule is CN=C(NCc1ccc(C(=O)N(C)C)cc1)NCC(CC(C)C)N1CCCC1.I. The number of carbonyl (C=O) groups excluding carboxylic acids is 1. The van der Waals surface area contributed by atoms with Crippen LogP contribution < -0.4 is 10.6 Å². The van der Waals surface area contributed by atoms with Gasteiger partial charge in [0.25, 0.3) is 5.91 Å². The van der Waals surface area contributed by atoms with Crippen LogP contribution in [0.3, 0.4) is 0 Å². The third-order valence-electron chi connectivity index (χ3n) is 5.20. The van der Waals surface area contributed by atoms with Crippen LogP contribution in [0.4, 0.5) is 0 Å². The molecule has 1 aromatic rings. The number of nitrogens with one attached hydrogen (secondary N) is 2. The standard InChI is InChI=1S/C22H37N5O.HI/c1-17(2)14-20(27-12-6-7-13-27)16-25-22(23-3)24-15-18-8-10-19(11-9-18)21(28)26(4)5;/h8-11,17,20H,6-7,12-16H2,1-5H3,(H2,23,24,25);1H. The molecule has 29 heavy (non-hydrogen) atoms. The van der Waals surface area contributed by atoms with Gasteiger partial charge in [-0.2, -0.15) is 0 Å². The molecule has 1 unspecified atom stereocenters. The number of benzene rings is 1. The predicted octanol–water partition coefficient (Wildman–Crippen LogP) is 3.18. The Balaban J connectivity index is 0.00000420. The third kappa shape index (κ3) is 8.50. The molecule has 1 saturated heterocycles. The quantitative estimate of drug-likeness (QED) is 0.317. The highest BCUT2D eigenvalue weighted by Gasteiger charge is 2.22. The number of hydrogen-bond donors (Lipinski definition) is 2. The Labute approximate surface area is 193 Å². The largest absolute Gasteiger partial charge is 0.355 e. The van der Waals surface area contributed by atoms with E-state index in [0.717, 1.165) is 18.1 Å². The summed E-state index contributed by atoms with van der Waals surface area (Å²) in [5.41, 5.74) is 1.83. The minimum Gasteiger partial charge on any atom is -0.355 e. The molecule has 0 saturated carbocycles. The van der Waals surface area contributed by atoms with Crippen molar-refractivity contribution in [3.63, 3.8) is 0 Å². The molecular weight excluding hydrogens is 477 g/mol. The van der Waals surface area contributed by atoms with E-state index in [4.69, 9.17) is 0 Å². The fourth-order valence-electron chi connectivity index (χ4n) is 3.66. The molecule has 7 heteroatoms. The lowest BCUT2D eigenvalue weighted by atomic mass is 10.0. The van der Waals surface area contributed by atoms with Gasteiger partial charge in [0.05, 0.1) is 0 Å². The summed E-state index contributed by atoms with van der Waals surface area (Å²) in [6, 6.07) is 8.28. The average molecular weight is 515 g/mol. The summed E-state index contributed by atoms with van der Waals surface area (Å²) in [5.74, 6) is 1.53. The van der Waals surface area contributed by atoms with E-state index in [-0.39, 0.29) is 29.9 Å². The van der Waals surface area contributed by atoms with E-state index in [1.165, 1.54) is 32.4 Å². The normalized spacial score (nSPS) is 15.7. The van der Waals surface area contributed by atoms with Gasteiger partial charge >= 0.3 is 0 Å². The fourth-order valence-corrected chi connectivity index (χ4v) is 3.66. The lowest BCUT2D eigenvalue weighted by Gasteiger charge is -2.29. The first-order chi connectivity index (χ1) is 13.4. The van der Waals surface area contributed by atoms with Crippen molar-refractivity contribution < 1.29 is 4.79 Å². The second-order valence-corrected chi connectivity index (χ2v) is 8.23. The highest BCUT2D eigenvalue weighted by atomic mass is 127. The first-order valence-electron chi connectivity index (χ1n) is 10.4. The Kier molecular flexibility index (Phi) is 11.6. The Morgan fingerprint density at radius 3 is 2.28 bits per heavy atom. The molecule has 0 aromatic heterocycles. The molecule has 1 aliphatic heterocycles. The minimum atomic E-state index is 0. The highest BCUT2D eigenvalue weighted by molar-refractivity contribution is 14.0. The van der Waals surface area contributed by atoms with E-state index < -0.39 is 0 Å². The molecule has 2 N–H and O–H groups in total. The van der Waals surface area contributed by atoms with E-state index in [0.29, 0.717) is 24.1 Å². The number of amides is 1. The summed E-state index contributed by atoms with van der Waals surface area (Å²) in [6.45, 7) is 8.59. The molecule has 1 heterocycles. The van der Waals surface area contributed by atoms with Crippen LogP contribution >= 0.6 is 24.0 Å². The van der Waals surface area contributed by atoms with E-state index in [9.17, 15) is 4.79 Å². The second kappa shape index (κ2) is 13.1. The molecule has 0 spiro atoms. The van der Waals surface area contributed by atoms with Crippen molar-refractivity contribution in [1.82, 2.24) is 20.4 Å². The molecule has 1 fully saturated rings. The van der Waals surface area contributed by atoms with Gasteiger partial charge in [-0.15, -0.1) is 24.0 Å². The summed E-state index contributed by atoms with van der Waals surface area (Å²) in [6.07, 6.45) is 3.83. The topological polar surface area (TPSA) is 60.0 Å². The fraction of sp³-hybridized carbons (Fsp3) is 0.636. The van der Waals surface area contributed by atoms with Crippen molar-refractivity contribution in [2.24, 2.45) is 10.9 Å². The van der Waals surface area contributed by atoms with E-state index in [1.807, 2.05) is 31.3 Å². The van der Waals surface area contributed by atoms with Crippen LogP contribution in [-0.2, 0) is 6.54 Å². The predicted molar refractivity (Wildman–Crippen MR) is 132 cm³/mol. The first-order valence-corrected chi connectivity index (χ1v) is 10.4. The summed E-state index contributed by atoms with van der Waals surface area (Å²) >= 11 is 0. The van der Waals surface area contributed by atoms with Gasteiger partial charge in [-0.25, -0.2) is 0 Å². The van der Waals surface area contributed by atoms with Gasteiger partial charge in [-0.1, -0.05) is 26.0 Å². The summed E-state index contributed by atoms with van der Waals surface area (Å²) < 4.78 is 0. The summed E-state index contributed by atoms with van der Waals surface area (Å²) in [5, 5.41) is 6.88. The highest BCUT2D eigenvalue weighted by Crippen LogP contribution is 2.17. The lowest BCUT2D eigenvalue weighted by molar-refractivity contribution is 0.0827. The monoisotopic (exact) mass is 515 g/mol. The Bertz CT molecular complexity index is 639. The van der Waals surface area contributed by atoms with Crippen LogP contribution in [0.1, 0.15) is 49.0 Å². The number of guanidine groups is 1. The molecule has 1 amide bonds. The van der Waals surface area contributed by atoms with Gasteiger partial charge in [0.15, 0.2) is 5.96 Å². The second-order valence-electron chi connectivity index (χ2n) is 8.23. The molecular formula is C22H38IN5O. The third-order valence-corrected chi connectivity index (χ3v) is 5.20. The molecule has 0 radical (unpaired) electrons. The number of halogens is 1. The zero-order valence-electron chi connectivity index (χ0n) is 18.6. The Morgan fingerprint density at radius 2 is 1.76 bits per heavy atom. The van der Waals surface area contributed by atoms with Crippen molar-refractivity contribution in [3.05, 3.63) is 35.4 Å². The van der Waals surface area contributed by atoms with Gasteiger partial charge in [-0.05, 0) is 56.0 Å². The Morgan fingerprint density at radius 1 is 1.14 bits per heavy atom. The Hall–Kier alpha value is -1.35. The van der Waals surface area contributed by atoms with Crippen molar-refractivity contribution >= 4 is 35.8 Å². The van der Waals surface area contributed by atoms with Gasteiger partial charge in [-0.3, -0.25) is 14.7 Å². The number of hydrogen-bond acceptors (Lipinski definition) is 3. The van der Waals surface area contributed by atoms with E-state index >= 15 is 0 Å². The molecule has 0 aliphatic carbocycles. The van der Waals surface area contributed by atoms with E-state index in [2.05, 4.69) is 34.4 Å². The van der Waals surface area contributed by atoms with Crippen LogP contribution in [-0.4, -0.2) is 68.5 Å². The van der Waals surface area contributed by atoms with Gasteiger partial charge in [0.1, 0.15) is 0 Å². The molecule has 2 rings (SSSR count). The summed E-state index contributed by atoms with van der Waals surface area (Å²) in [7, 11) is 5.34. The maximum absolute atomic E-state index is 12.0. The molecule has 164 valence electrons. The number of carbonyl (C=O) groups is 1. The smallest absolute Gasteiger partial charge is 0.253 e. The maximum atomic E-state index is 12.0. The zero-order chi connectivity index (χ0) is 20.5. The van der Waals surface area contributed by atoms with Gasteiger partial charge in [0.2, 0.25) is 0 Å². The van der Waals surface area contributed by atoms with Crippen LogP contribution in [0.5, 0.6) is 0 Å². The molecule has 1 aromatic carbocycles. The summed E-state index contributed by atoms with van der Waals surface area (Å²) in [4.78, 5) is 20.5. The van der Waals surface area contributed by atoms with Crippen molar-refractivity contribution in [2.45, 2.75) is 45.7 Å². The molecule has 1 aliphatic rings. The lowest BCUT2D eigenvalue weighted by Crippen LogP contribution is -2.46. The van der Waals surface area contributed by atoms with E-state index in [1.54, 1.807) is 19.0 Å². The number of likely N-dealkylation sites (tertiary alicyclic amines) is 1. The van der Waals surface area contributed by atoms with Crippen molar-refractivity contribution in [3.8, 4) is 0 Å². The zero-order valence-corrected chi connectivity index (χ0v) is 20.9. The van der Waals surface area contributed by atoms with Crippen LogP contribution in [0.25, 0.3) is 0 Å². The average Bonchev–Trinajstić information content (AvgIpc) is 3.21. The van der Waals surface area contributed by atoms with Crippen LogP contribution in [0, 0.1) is 5.92 Å². The van der Waals surface area contributed by atoms with Gasteiger partial charge in [0, 0.05) is 45.8 Å². The maximum Gasteiger partial charge on any atom is 0.253 e. The van der Waals surface area contributed by atoms with Crippen molar-refractivity contribution in [1.29, 1.82) is 0 Å². The first kappa shape index (κ1) is 25.7. The van der Waals surface area contributed by atoms with Crippen LogP contribution in [0.2, 0.25) is 0 Å². The van der Waals surface area contributed by atoms with Crippen LogP contribution in [0.15, 0.2) is 29.3 Å². The number of nitrogens with zero attached hydrogens (tertiary/aromatic N) is 3. The van der Waals surface area contributed by atoms with Crippen molar-refractivity contribution in [2.75, 3.05) is 40.8 Å². The van der Waals surface area contributed by atoms with Gasteiger partial charge < -0.3 is 15.5 Å². The molecule has 0 bridgehead atoms. The molecule has 6 nitrogen and oxygen atoms in total. The number of aliphatic imine (C=N–C) groups is 1. The molecule has 1 atom stereocenters. The minimum absolute atomic E-state index is 0. The number of rotatable bonds is 8.